The molecule has 0 aromatic carbocycles. The van der Waals surface area contributed by atoms with Gasteiger partial charge in [0.1, 0.15) is 13.2 Å². The van der Waals surface area contributed by atoms with Crippen LogP contribution in [0.2, 0.25) is 0 Å². The van der Waals surface area contributed by atoms with Crippen molar-refractivity contribution < 1.29 is 28.6 Å². The number of unbranched alkanes of at least 4 members (excludes halogenated alkanes) is 27. The van der Waals surface area contributed by atoms with Gasteiger partial charge < -0.3 is 14.2 Å². The van der Waals surface area contributed by atoms with Crippen molar-refractivity contribution in [3.63, 3.8) is 0 Å². The molecule has 0 amide bonds. The molecule has 0 radical (unpaired) electrons. The second-order valence-electron chi connectivity index (χ2n) is 18.1. The molecule has 0 heterocycles. The quantitative estimate of drug-likeness (QED) is 0.0199. The van der Waals surface area contributed by atoms with E-state index in [1.54, 1.807) is 0 Å². The maximum absolute atomic E-state index is 12.8. The molecule has 6 heteroatoms. The summed E-state index contributed by atoms with van der Waals surface area (Å²) in [6, 6.07) is 0. The van der Waals surface area contributed by atoms with Crippen LogP contribution in [-0.4, -0.2) is 37.2 Å². The van der Waals surface area contributed by atoms with E-state index < -0.39 is 6.10 Å². The van der Waals surface area contributed by atoms with Crippen molar-refractivity contribution >= 4 is 17.9 Å². The SMILES string of the molecule is CC/C=C\C/C=C\C/C=C\C/C=C\CCCCCC(=O)OC(COC(=O)CCCCCCCCCCCC/C=C\C=C/CCCCC)COC(=O)CCCCCCCCCCCCCC. The lowest BCUT2D eigenvalue weighted by molar-refractivity contribution is -0.167. The van der Waals surface area contributed by atoms with Gasteiger partial charge in [0.15, 0.2) is 6.10 Å². The minimum atomic E-state index is -0.791. The lowest BCUT2D eigenvalue weighted by Gasteiger charge is -2.18. The number of esters is 3. The molecule has 0 spiro atoms. The Bertz CT molecular complexity index is 1230. The van der Waals surface area contributed by atoms with Crippen LogP contribution in [0.3, 0.4) is 0 Å². The predicted octanol–water partition coefficient (Wildman–Crippen LogP) is 18.2. The first kappa shape index (κ1) is 61.9. The maximum Gasteiger partial charge on any atom is 0.306 e. The molecule has 0 saturated carbocycles. The fourth-order valence-corrected chi connectivity index (χ4v) is 7.60. The molecule has 0 rings (SSSR count). The Hall–Kier alpha value is -3.15. The number of carbonyl (C=O) groups excluding carboxylic acids is 3. The van der Waals surface area contributed by atoms with Gasteiger partial charge in [0.2, 0.25) is 0 Å². The standard InChI is InChI=1S/C59H102O6/c1-4-7-10-13-16-19-22-25-27-29-30-31-33-34-37-40-43-46-49-52-58(61)64-55-56(54-63-57(60)51-48-45-42-39-36-24-21-18-15-12-9-6-3)65-59(62)53-50-47-44-41-38-35-32-28-26-23-20-17-14-11-8-5-2/h8,11,16-17,19-20,22,25-26,28,35,38,56H,4-7,9-10,12-15,18,21,23-24,27,29-34,36-37,39-55H2,1-3H3/b11-8-,19-16-,20-17-,25-22-,28-26-,38-35-. The molecule has 0 aliphatic heterocycles. The van der Waals surface area contributed by atoms with Crippen LogP contribution in [0.5, 0.6) is 0 Å². The summed E-state index contributed by atoms with van der Waals surface area (Å²) >= 11 is 0. The van der Waals surface area contributed by atoms with E-state index in [0.29, 0.717) is 19.3 Å². The van der Waals surface area contributed by atoms with Crippen molar-refractivity contribution in [2.75, 3.05) is 13.2 Å². The molecule has 1 atom stereocenters. The van der Waals surface area contributed by atoms with Crippen molar-refractivity contribution in [2.24, 2.45) is 0 Å². The van der Waals surface area contributed by atoms with E-state index in [9.17, 15) is 14.4 Å². The van der Waals surface area contributed by atoms with Crippen LogP contribution >= 0.6 is 0 Å². The largest absolute Gasteiger partial charge is 0.462 e. The Morgan fingerprint density at radius 1 is 0.338 bits per heavy atom. The van der Waals surface area contributed by atoms with Crippen LogP contribution in [-0.2, 0) is 28.6 Å². The third-order valence-corrected chi connectivity index (χ3v) is 11.7. The number of hydrogen-bond acceptors (Lipinski definition) is 6. The summed E-state index contributed by atoms with van der Waals surface area (Å²) in [7, 11) is 0. The van der Waals surface area contributed by atoms with Gasteiger partial charge in [-0.25, -0.2) is 0 Å². The average Bonchev–Trinajstić information content (AvgIpc) is 3.30. The van der Waals surface area contributed by atoms with Gasteiger partial charge >= 0.3 is 17.9 Å². The molecular weight excluding hydrogens is 805 g/mol. The van der Waals surface area contributed by atoms with Crippen LogP contribution in [0.25, 0.3) is 0 Å². The highest BCUT2D eigenvalue weighted by Gasteiger charge is 2.19. The monoisotopic (exact) mass is 907 g/mol. The van der Waals surface area contributed by atoms with Gasteiger partial charge in [0.05, 0.1) is 0 Å². The highest BCUT2D eigenvalue weighted by Crippen LogP contribution is 2.15. The van der Waals surface area contributed by atoms with Crippen LogP contribution in [0.15, 0.2) is 72.9 Å². The zero-order chi connectivity index (χ0) is 47.2. The van der Waals surface area contributed by atoms with Crippen LogP contribution in [0.1, 0.15) is 265 Å². The predicted molar refractivity (Wildman–Crippen MR) is 279 cm³/mol. The Balaban J connectivity index is 4.40. The second-order valence-corrected chi connectivity index (χ2v) is 18.1. The molecule has 0 fully saturated rings. The lowest BCUT2D eigenvalue weighted by Crippen LogP contribution is -2.30. The minimum Gasteiger partial charge on any atom is -0.462 e. The van der Waals surface area contributed by atoms with Crippen LogP contribution in [0.4, 0.5) is 0 Å². The summed E-state index contributed by atoms with van der Waals surface area (Å²) in [4.78, 5) is 38.1. The van der Waals surface area contributed by atoms with Gasteiger partial charge in [-0.05, 0) is 83.5 Å². The number of hydrogen-bond donors (Lipinski definition) is 0. The van der Waals surface area contributed by atoms with Crippen molar-refractivity contribution in [3.05, 3.63) is 72.9 Å². The van der Waals surface area contributed by atoms with E-state index >= 15 is 0 Å². The fraction of sp³-hybridized carbons (Fsp3) is 0.746. The average molecular weight is 907 g/mol. The van der Waals surface area contributed by atoms with E-state index in [-0.39, 0.29) is 31.1 Å². The van der Waals surface area contributed by atoms with Gasteiger partial charge in [-0.3, -0.25) is 14.4 Å². The summed E-state index contributed by atoms with van der Waals surface area (Å²) in [5.74, 6) is -0.917. The Morgan fingerprint density at radius 2 is 0.646 bits per heavy atom. The normalized spacial score (nSPS) is 12.6. The zero-order valence-corrected chi connectivity index (χ0v) is 42.7. The van der Waals surface area contributed by atoms with Gasteiger partial charge in [-0.2, -0.15) is 0 Å². The van der Waals surface area contributed by atoms with Crippen molar-refractivity contribution in [3.8, 4) is 0 Å². The smallest absolute Gasteiger partial charge is 0.306 e. The highest BCUT2D eigenvalue weighted by atomic mass is 16.6. The summed E-state index contributed by atoms with van der Waals surface area (Å²) in [6.07, 6.45) is 67.4. The Morgan fingerprint density at radius 3 is 1.08 bits per heavy atom. The fourth-order valence-electron chi connectivity index (χ4n) is 7.60. The summed E-state index contributed by atoms with van der Waals surface area (Å²) in [5.41, 5.74) is 0. The summed E-state index contributed by atoms with van der Waals surface area (Å²) in [6.45, 7) is 6.48. The molecule has 0 aromatic rings. The van der Waals surface area contributed by atoms with Crippen molar-refractivity contribution in [1.29, 1.82) is 0 Å². The first-order valence-corrected chi connectivity index (χ1v) is 27.5. The zero-order valence-electron chi connectivity index (χ0n) is 42.7. The first-order valence-electron chi connectivity index (χ1n) is 27.5. The molecule has 0 saturated heterocycles. The van der Waals surface area contributed by atoms with E-state index in [1.807, 2.05) is 0 Å². The molecule has 0 bridgehead atoms. The first-order chi connectivity index (χ1) is 32.0. The highest BCUT2D eigenvalue weighted by molar-refractivity contribution is 5.71. The summed E-state index contributed by atoms with van der Waals surface area (Å²) in [5, 5.41) is 0. The van der Waals surface area contributed by atoms with Crippen LogP contribution in [0, 0.1) is 0 Å². The summed E-state index contributed by atoms with van der Waals surface area (Å²) < 4.78 is 16.8. The molecule has 0 aromatic heterocycles. The second kappa shape index (κ2) is 53.5. The van der Waals surface area contributed by atoms with Gasteiger partial charge in [-0.1, -0.05) is 235 Å². The van der Waals surface area contributed by atoms with Crippen LogP contribution < -0.4 is 0 Å². The molecule has 0 N–H and O–H groups in total. The minimum absolute atomic E-state index is 0.0875. The Labute approximate surface area is 402 Å². The van der Waals surface area contributed by atoms with Gasteiger partial charge in [0, 0.05) is 19.3 Å². The Kier molecular flexibility index (Phi) is 50.9. The number of allylic oxidation sites excluding steroid dienone is 12. The molecule has 65 heavy (non-hydrogen) atoms. The van der Waals surface area contributed by atoms with E-state index in [2.05, 4.69) is 93.7 Å². The third kappa shape index (κ3) is 51.7. The van der Waals surface area contributed by atoms with E-state index in [1.165, 1.54) is 135 Å². The lowest BCUT2D eigenvalue weighted by atomic mass is 10.0. The van der Waals surface area contributed by atoms with E-state index in [0.717, 1.165) is 89.9 Å². The van der Waals surface area contributed by atoms with Gasteiger partial charge in [0.25, 0.3) is 0 Å². The molecule has 0 aliphatic rings. The third-order valence-electron chi connectivity index (χ3n) is 11.7. The molecule has 6 nitrogen and oxygen atoms in total. The number of ether oxygens (including phenoxy) is 3. The topological polar surface area (TPSA) is 78.9 Å². The molecule has 0 aliphatic carbocycles. The molecular formula is C59H102O6. The molecule has 1 unspecified atom stereocenters. The maximum atomic E-state index is 12.8. The van der Waals surface area contributed by atoms with E-state index in [4.69, 9.17) is 14.2 Å². The number of rotatable bonds is 49. The number of carbonyl (C=O) groups is 3. The van der Waals surface area contributed by atoms with Crippen molar-refractivity contribution in [2.45, 2.75) is 271 Å². The molecule has 374 valence electrons. The van der Waals surface area contributed by atoms with Gasteiger partial charge in [-0.15, -0.1) is 0 Å². The van der Waals surface area contributed by atoms with Crippen molar-refractivity contribution in [1.82, 2.24) is 0 Å².